The molecule has 0 bridgehead atoms. The van der Waals surface area contributed by atoms with E-state index in [1.807, 2.05) is 20.2 Å². The van der Waals surface area contributed by atoms with Gasteiger partial charge in [0, 0.05) is 38.5 Å². The predicted octanol–water partition coefficient (Wildman–Crippen LogP) is 0.569. The molecule has 118 valence electrons. The van der Waals surface area contributed by atoms with E-state index in [0.29, 0.717) is 6.54 Å². The van der Waals surface area contributed by atoms with Crippen molar-refractivity contribution in [3.8, 4) is 0 Å². The maximum Gasteiger partial charge on any atom is 0.356 e. The fourth-order valence-electron chi connectivity index (χ4n) is 2.06. The molecule has 1 N–H and O–H groups in total. The predicted molar refractivity (Wildman–Crippen MR) is 78.3 cm³/mol. The lowest BCUT2D eigenvalue weighted by Gasteiger charge is -2.01. The molecule has 2 heterocycles. The fraction of sp³-hybridized carbons (Fsp3) is 0.429. The Balaban J connectivity index is 2.05. The molecule has 0 fully saturated rings. The highest BCUT2D eigenvalue weighted by Crippen LogP contribution is 2.07. The number of carbonyl (C=O) groups excluding carboxylic acids is 2. The molecule has 0 aliphatic rings. The molecule has 0 saturated heterocycles. The summed E-state index contributed by atoms with van der Waals surface area (Å²) in [5.74, 6) is -0.853. The van der Waals surface area contributed by atoms with Gasteiger partial charge in [-0.3, -0.25) is 14.2 Å². The Morgan fingerprint density at radius 3 is 2.64 bits per heavy atom. The van der Waals surface area contributed by atoms with E-state index in [4.69, 9.17) is 4.74 Å². The molecule has 0 radical (unpaired) electrons. The average Bonchev–Trinajstić information content (AvgIpc) is 2.99. The topological polar surface area (TPSA) is 91.0 Å². The van der Waals surface area contributed by atoms with Gasteiger partial charge in [0.2, 0.25) is 0 Å². The van der Waals surface area contributed by atoms with Crippen LogP contribution in [-0.2, 0) is 25.4 Å². The van der Waals surface area contributed by atoms with E-state index in [1.54, 1.807) is 18.7 Å². The summed E-state index contributed by atoms with van der Waals surface area (Å²) < 4.78 is 7.93. The molecule has 0 saturated carbocycles. The minimum absolute atomic E-state index is 0.173. The smallest absolute Gasteiger partial charge is 0.356 e. The Morgan fingerprint density at radius 1 is 1.32 bits per heavy atom. The Labute approximate surface area is 128 Å². The highest BCUT2D eigenvalue weighted by Gasteiger charge is 2.18. The van der Waals surface area contributed by atoms with Crippen molar-refractivity contribution in [1.29, 1.82) is 0 Å². The van der Waals surface area contributed by atoms with Crippen molar-refractivity contribution in [2.45, 2.75) is 20.4 Å². The second kappa shape index (κ2) is 6.42. The number of aromatic nitrogens is 4. The number of nitrogens with one attached hydrogen (secondary N) is 1. The minimum atomic E-state index is -0.500. The van der Waals surface area contributed by atoms with E-state index in [-0.39, 0.29) is 23.9 Å². The fourth-order valence-corrected chi connectivity index (χ4v) is 2.06. The molecular formula is C14H19N5O3. The number of esters is 1. The first-order valence-corrected chi connectivity index (χ1v) is 6.90. The molecule has 0 atom stereocenters. The van der Waals surface area contributed by atoms with Gasteiger partial charge in [0.1, 0.15) is 5.69 Å². The van der Waals surface area contributed by atoms with Crippen LogP contribution < -0.4 is 5.32 Å². The van der Waals surface area contributed by atoms with E-state index >= 15 is 0 Å². The van der Waals surface area contributed by atoms with E-state index < -0.39 is 5.97 Å². The monoisotopic (exact) mass is 305 g/mol. The zero-order chi connectivity index (χ0) is 16.3. The Morgan fingerprint density at radius 2 is 2.05 bits per heavy atom. The first kappa shape index (κ1) is 15.7. The lowest BCUT2D eigenvalue weighted by Crippen LogP contribution is -2.23. The summed E-state index contributed by atoms with van der Waals surface area (Å²) >= 11 is 0. The van der Waals surface area contributed by atoms with Crippen LogP contribution in [0.5, 0.6) is 0 Å². The largest absolute Gasteiger partial charge is 0.461 e. The molecule has 0 unspecified atom stereocenters. The number of ether oxygens (including phenoxy) is 1. The molecule has 0 spiro atoms. The Hall–Kier alpha value is -2.64. The zero-order valence-corrected chi connectivity index (χ0v) is 13.1. The Bertz CT molecular complexity index is 701. The molecule has 8 heteroatoms. The van der Waals surface area contributed by atoms with E-state index in [0.717, 1.165) is 11.3 Å². The van der Waals surface area contributed by atoms with E-state index in [9.17, 15) is 9.59 Å². The lowest BCUT2D eigenvalue weighted by molar-refractivity contribution is 0.0513. The summed E-state index contributed by atoms with van der Waals surface area (Å²) in [5.41, 5.74) is 2.20. The van der Waals surface area contributed by atoms with Crippen LogP contribution in [0.2, 0.25) is 0 Å². The average molecular weight is 305 g/mol. The summed E-state index contributed by atoms with van der Waals surface area (Å²) in [6, 6.07) is 1.42. The van der Waals surface area contributed by atoms with Gasteiger partial charge in [-0.05, 0) is 13.8 Å². The van der Waals surface area contributed by atoms with Gasteiger partial charge in [-0.1, -0.05) is 0 Å². The molecule has 22 heavy (non-hydrogen) atoms. The number of carbonyl (C=O) groups is 2. The second-order valence-corrected chi connectivity index (χ2v) is 4.85. The van der Waals surface area contributed by atoms with Crippen LogP contribution >= 0.6 is 0 Å². The van der Waals surface area contributed by atoms with Crippen molar-refractivity contribution in [2.24, 2.45) is 14.1 Å². The number of nitrogens with zero attached hydrogens (tertiary/aromatic N) is 4. The van der Waals surface area contributed by atoms with Gasteiger partial charge in [-0.2, -0.15) is 10.2 Å². The van der Waals surface area contributed by atoms with Crippen molar-refractivity contribution in [1.82, 2.24) is 24.9 Å². The summed E-state index contributed by atoms with van der Waals surface area (Å²) in [7, 11) is 3.41. The highest BCUT2D eigenvalue weighted by atomic mass is 16.5. The van der Waals surface area contributed by atoms with Crippen LogP contribution in [0.15, 0.2) is 12.3 Å². The zero-order valence-electron chi connectivity index (χ0n) is 13.1. The molecule has 0 aliphatic carbocycles. The summed E-state index contributed by atoms with van der Waals surface area (Å²) in [5, 5.41) is 11.0. The van der Waals surface area contributed by atoms with Crippen molar-refractivity contribution < 1.29 is 14.3 Å². The van der Waals surface area contributed by atoms with Crippen LogP contribution in [0.4, 0.5) is 0 Å². The van der Waals surface area contributed by atoms with Gasteiger partial charge in [0.25, 0.3) is 5.91 Å². The van der Waals surface area contributed by atoms with Gasteiger partial charge in [-0.25, -0.2) is 4.79 Å². The third-order valence-corrected chi connectivity index (χ3v) is 3.15. The number of rotatable bonds is 5. The van der Waals surface area contributed by atoms with Crippen LogP contribution in [0.3, 0.4) is 0 Å². The summed E-state index contributed by atoms with van der Waals surface area (Å²) in [6.45, 7) is 4.22. The van der Waals surface area contributed by atoms with Gasteiger partial charge >= 0.3 is 5.97 Å². The third kappa shape index (κ3) is 3.33. The molecule has 2 aromatic rings. The van der Waals surface area contributed by atoms with Gasteiger partial charge in [0.15, 0.2) is 5.69 Å². The highest BCUT2D eigenvalue weighted by molar-refractivity contribution is 5.95. The third-order valence-electron chi connectivity index (χ3n) is 3.15. The van der Waals surface area contributed by atoms with E-state index in [2.05, 4.69) is 15.5 Å². The number of hydrogen-bond donors (Lipinski definition) is 1. The number of amides is 1. The van der Waals surface area contributed by atoms with Crippen LogP contribution in [-0.4, -0.2) is 38.0 Å². The van der Waals surface area contributed by atoms with Crippen LogP contribution in [0.25, 0.3) is 0 Å². The molecule has 0 aliphatic heterocycles. The van der Waals surface area contributed by atoms with Crippen molar-refractivity contribution in [3.63, 3.8) is 0 Å². The van der Waals surface area contributed by atoms with Crippen LogP contribution in [0.1, 0.15) is 39.2 Å². The standard InChI is InChI=1S/C14H19N5O3/c1-5-22-14(21)12-6-11(17-19(12)4)13(20)15-7-10-8-18(3)16-9(10)2/h6,8H,5,7H2,1-4H3,(H,15,20). The van der Waals surface area contributed by atoms with Gasteiger partial charge in [-0.15, -0.1) is 0 Å². The quantitative estimate of drug-likeness (QED) is 0.815. The Kier molecular flexibility index (Phi) is 4.59. The second-order valence-electron chi connectivity index (χ2n) is 4.85. The maximum absolute atomic E-state index is 12.1. The van der Waals surface area contributed by atoms with E-state index in [1.165, 1.54) is 10.7 Å². The maximum atomic E-state index is 12.1. The molecule has 0 aromatic carbocycles. The number of aryl methyl sites for hydroxylation is 3. The summed E-state index contributed by atoms with van der Waals surface area (Å²) in [4.78, 5) is 23.8. The SMILES string of the molecule is CCOC(=O)c1cc(C(=O)NCc2cn(C)nc2C)nn1C. The molecule has 1 amide bonds. The van der Waals surface area contributed by atoms with Crippen molar-refractivity contribution >= 4 is 11.9 Å². The normalized spacial score (nSPS) is 10.5. The van der Waals surface area contributed by atoms with Gasteiger partial charge < -0.3 is 10.1 Å². The number of hydrogen-bond acceptors (Lipinski definition) is 5. The lowest BCUT2D eigenvalue weighted by atomic mass is 10.2. The molecular weight excluding hydrogens is 286 g/mol. The van der Waals surface area contributed by atoms with Crippen molar-refractivity contribution in [2.75, 3.05) is 6.61 Å². The first-order valence-electron chi connectivity index (χ1n) is 6.90. The molecule has 2 rings (SSSR count). The van der Waals surface area contributed by atoms with Crippen molar-refractivity contribution in [3.05, 3.63) is 34.9 Å². The summed E-state index contributed by atoms with van der Waals surface area (Å²) in [6.07, 6.45) is 1.85. The van der Waals surface area contributed by atoms with Crippen LogP contribution in [0, 0.1) is 6.92 Å². The van der Waals surface area contributed by atoms with Gasteiger partial charge in [0.05, 0.1) is 12.3 Å². The minimum Gasteiger partial charge on any atom is -0.461 e. The molecule has 8 nitrogen and oxygen atoms in total. The first-order chi connectivity index (χ1) is 10.4. The molecule has 2 aromatic heterocycles.